The normalized spacial score (nSPS) is 14.6. The highest BCUT2D eigenvalue weighted by atomic mass is 32.1. The summed E-state index contributed by atoms with van der Waals surface area (Å²) in [6.45, 7) is 7.89. The number of ether oxygens (including phenoxy) is 3. The van der Waals surface area contributed by atoms with E-state index in [9.17, 15) is 9.59 Å². The first-order chi connectivity index (χ1) is 20.9. The molecule has 0 spiro atoms. The maximum absolute atomic E-state index is 14.3. The van der Waals surface area contributed by atoms with Crippen LogP contribution in [-0.4, -0.2) is 44.5 Å². The van der Waals surface area contributed by atoms with Crippen LogP contribution >= 0.6 is 11.3 Å². The first kappa shape index (κ1) is 29.8. The van der Waals surface area contributed by atoms with Crippen LogP contribution in [0.5, 0.6) is 11.5 Å². The van der Waals surface area contributed by atoms with Crippen LogP contribution in [0.25, 0.3) is 11.8 Å². The summed E-state index contributed by atoms with van der Waals surface area (Å²) in [7, 11) is 3.20. The highest BCUT2D eigenvalue weighted by molar-refractivity contribution is 7.07. The number of carbonyl (C=O) groups is 1. The highest BCUT2D eigenvalue weighted by Crippen LogP contribution is 2.38. The molecule has 8 nitrogen and oxygen atoms in total. The molecular formula is C34H35N3O5S. The lowest BCUT2D eigenvalue weighted by atomic mass is 9.92. The highest BCUT2D eigenvalue weighted by Gasteiger charge is 2.36. The number of benzene rings is 3. The molecule has 0 aliphatic carbocycles. The number of carbonyl (C=O) groups excluding carboxylic acids is 1. The van der Waals surface area contributed by atoms with E-state index in [0.717, 1.165) is 29.9 Å². The Hall–Kier alpha value is -4.63. The van der Waals surface area contributed by atoms with Gasteiger partial charge in [0.1, 0.15) is 17.5 Å². The van der Waals surface area contributed by atoms with Crippen LogP contribution in [0.3, 0.4) is 0 Å². The average molecular weight is 598 g/mol. The van der Waals surface area contributed by atoms with Gasteiger partial charge in [-0.15, -0.1) is 0 Å². The molecule has 43 heavy (non-hydrogen) atoms. The molecule has 0 bridgehead atoms. The van der Waals surface area contributed by atoms with Gasteiger partial charge in [0.05, 0.1) is 36.6 Å². The molecule has 4 aromatic rings. The molecule has 1 aliphatic rings. The van der Waals surface area contributed by atoms with Crippen molar-refractivity contribution in [2.75, 3.05) is 38.8 Å². The fraction of sp³-hybridized carbons (Fsp3) is 0.265. The molecule has 0 radical (unpaired) electrons. The van der Waals surface area contributed by atoms with Crippen molar-refractivity contribution in [3.8, 4) is 11.5 Å². The maximum atomic E-state index is 14.3. The van der Waals surface area contributed by atoms with Gasteiger partial charge < -0.3 is 19.1 Å². The zero-order chi connectivity index (χ0) is 30.5. The van der Waals surface area contributed by atoms with E-state index in [1.54, 1.807) is 25.7 Å². The van der Waals surface area contributed by atoms with E-state index < -0.39 is 12.0 Å². The molecule has 5 rings (SSSR count). The van der Waals surface area contributed by atoms with Crippen LogP contribution in [0, 0.1) is 0 Å². The van der Waals surface area contributed by atoms with Crippen LogP contribution in [0.15, 0.2) is 88.2 Å². The van der Waals surface area contributed by atoms with Gasteiger partial charge in [-0.3, -0.25) is 9.36 Å². The van der Waals surface area contributed by atoms with Gasteiger partial charge in [0.15, 0.2) is 4.80 Å². The predicted octanol–water partition coefficient (Wildman–Crippen LogP) is 4.80. The smallest absolute Gasteiger partial charge is 0.338 e. The molecule has 0 N–H and O–H groups in total. The Bertz CT molecular complexity index is 1840. The first-order valence-electron chi connectivity index (χ1n) is 14.3. The van der Waals surface area contributed by atoms with Crippen LogP contribution < -0.4 is 29.3 Å². The molecular weight excluding hydrogens is 562 g/mol. The summed E-state index contributed by atoms with van der Waals surface area (Å²) < 4.78 is 19.1. The second-order valence-electron chi connectivity index (χ2n) is 9.77. The molecule has 0 fully saturated rings. The van der Waals surface area contributed by atoms with Crippen LogP contribution in [0.2, 0.25) is 0 Å². The molecule has 0 saturated heterocycles. The van der Waals surface area contributed by atoms with Crippen molar-refractivity contribution in [1.29, 1.82) is 0 Å². The zero-order valence-corrected chi connectivity index (χ0v) is 25.8. The Labute approximate surface area is 254 Å². The molecule has 1 aromatic heterocycles. The van der Waals surface area contributed by atoms with E-state index in [1.807, 2.05) is 78.9 Å². The lowest BCUT2D eigenvalue weighted by Gasteiger charge is -2.27. The summed E-state index contributed by atoms with van der Waals surface area (Å²) in [6, 6.07) is 22.0. The Balaban J connectivity index is 1.80. The minimum absolute atomic E-state index is 0.177. The molecule has 0 amide bonds. The van der Waals surface area contributed by atoms with Gasteiger partial charge in [0.25, 0.3) is 5.56 Å². The lowest BCUT2D eigenvalue weighted by molar-refractivity contribution is -0.138. The number of esters is 1. The Morgan fingerprint density at radius 3 is 2.33 bits per heavy atom. The maximum Gasteiger partial charge on any atom is 0.338 e. The SMILES string of the molecule is CCOC(=O)C1=C(c2ccccc2)N=c2s/c(=C\c3ccc(N(CC)CC)cc3OC)c(=O)n2[C@H]1c1ccccc1OC. The summed E-state index contributed by atoms with van der Waals surface area (Å²) in [5.41, 5.74) is 3.68. The van der Waals surface area contributed by atoms with E-state index in [2.05, 4.69) is 18.7 Å². The second-order valence-corrected chi connectivity index (χ2v) is 10.8. The van der Waals surface area contributed by atoms with Gasteiger partial charge in [-0.05, 0) is 45.0 Å². The molecule has 3 aromatic carbocycles. The Morgan fingerprint density at radius 2 is 1.65 bits per heavy atom. The summed E-state index contributed by atoms with van der Waals surface area (Å²) in [6.07, 6.45) is 1.82. The van der Waals surface area contributed by atoms with Crippen molar-refractivity contribution >= 4 is 34.8 Å². The van der Waals surface area contributed by atoms with Crippen molar-refractivity contribution < 1.29 is 19.0 Å². The van der Waals surface area contributed by atoms with E-state index >= 15 is 0 Å². The third kappa shape index (κ3) is 5.72. The molecule has 0 saturated carbocycles. The Kier molecular flexibility index (Phi) is 9.11. The van der Waals surface area contributed by atoms with Crippen molar-refractivity contribution in [3.63, 3.8) is 0 Å². The third-order valence-corrected chi connectivity index (χ3v) is 8.42. The monoisotopic (exact) mass is 597 g/mol. The molecule has 1 aliphatic heterocycles. The Morgan fingerprint density at radius 1 is 0.953 bits per heavy atom. The molecule has 2 heterocycles. The molecule has 9 heteroatoms. The quantitative estimate of drug-likeness (QED) is 0.245. The van der Waals surface area contributed by atoms with Crippen LogP contribution in [0.4, 0.5) is 5.69 Å². The number of nitrogens with zero attached hydrogens (tertiary/aromatic N) is 3. The number of thiazole rings is 1. The van der Waals surface area contributed by atoms with Gasteiger partial charge in [0.2, 0.25) is 0 Å². The number of aromatic nitrogens is 1. The van der Waals surface area contributed by atoms with E-state index in [1.165, 1.54) is 11.3 Å². The minimum Gasteiger partial charge on any atom is -0.496 e. The molecule has 0 unspecified atom stereocenters. The fourth-order valence-electron chi connectivity index (χ4n) is 5.37. The van der Waals surface area contributed by atoms with Crippen molar-refractivity contribution in [1.82, 2.24) is 4.57 Å². The van der Waals surface area contributed by atoms with E-state index in [-0.39, 0.29) is 17.7 Å². The van der Waals surface area contributed by atoms with Crippen molar-refractivity contribution in [3.05, 3.63) is 115 Å². The van der Waals surface area contributed by atoms with Gasteiger partial charge in [-0.1, -0.05) is 59.9 Å². The van der Waals surface area contributed by atoms with Crippen molar-refractivity contribution in [2.24, 2.45) is 4.99 Å². The second kappa shape index (κ2) is 13.1. The van der Waals surface area contributed by atoms with Crippen molar-refractivity contribution in [2.45, 2.75) is 26.8 Å². The largest absolute Gasteiger partial charge is 0.496 e. The number of fused-ring (bicyclic) bond motifs is 1. The number of methoxy groups -OCH3 is 2. The van der Waals surface area contributed by atoms with E-state index in [0.29, 0.717) is 32.1 Å². The summed E-state index contributed by atoms with van der Waals surface area (Å²) in [5, 5.41) is 0. The fourth-order valence-corrected chi connectivity index (χ4v) is 6.36. The summed E-state index contributed by atoms with van der Waals surface area (Å²) in [4.78, 5) is 35.6. The van der Waals surface area contributed by atoms with Gasteiger partial charge in [-0.25, -0.2) is 9.79 Å². The summed E-state index contributed by atoms with van der Waals surface area (Å²) in [5.74, 6) is 0.671. The predicted molar refractivity (Wildman–Crippen MR) is 171 cm³/mol. The first-order valence-corrected chi connectivity index (χ1v) is 15.1. The van der Waals surface area contributed by atoms with E-state index in [4.69, 9.17) is 19.2 Å². The van der Waals surface area contributed by atoms with Gasteiger partial charge >= 0.3 is 5.97 Å². The molecule has 222 valence electrons. The molecule has 1 atom stereocenters. The topological polar surface area (TPSA) is 82.4 Å². The van der Waals surface area contributed by atoms with Crippen LogP contribution in [-0.2, 0) is 9.53 Å². The van der Waals surface area contributed by atoms with Crippen LogP contribution in [0.1, 0.15) is 43.5 Å². The number of hydrogen-bond acceptors (Lipinski definition) is 8. The van der Waals surface area contributed by atoms with Gasteiger partial charge in [0, 0.05) is 41.5 Å². The standard InChI is InChI=1S/C34H35N3O5S/c1-6-36(7-2)24-19-18-23(27(21-24)41-5)20-28-32(38)37-31(25-16-12-13-17-26(25)40-4)29(33(39)42-8-3)30(35-34(37)43-28)22-14-10-9-11-15-22/h9-21,31H,6-8H2,1-5H3/b28-20-/t31-/m0/s1. The minimum atomic E-state index is -0.823. The number of anilines is 1. The number of rotatable bonds is 10. The van der Waals surface area contributed by atoms with Gasteiger partial charge in [-0.2, -0.15) is 0 Å². The lowest BCUT2D eigenvalue weighted by Crippen LogP contribution is -2.40. The summed E-state index contributed by atoms with van der Waals surface area (Å²) >= 11 is 1.27. The number of hydrogen-bond donors (Lipinski definition) is 0. The number of para-hydroxylation sites is 1. The zero-order valence-electron chi connectivity index (χ0n) is 25.0. The average Bonchev–Trinajstić information content (AvgIpc) is 3.35. The third-order valence-electron chi connectivity index (χ3n) is 7.44.